The fraction of sp³-hybridized carbons (Fsp3) is 0.200. The highest BCUT2D eigenvalue weighted by atomic mass is 32.2. The van der Waals surface area contributed by atoms with Crippen molar-refractivity contribution in [2.45, 2.75) is 5.75 Å². The first-order valence-electron chi connectivity index (χ1n) is 6.94. The van der Waals surface area contributed by atoms with Gasteiger partial charge in [-0.05, 0) is 24.5 Å². The van der Waals surface area contributed by atoms with E-state index in [0.29, 0.717) is 16.7 Å². The molecule has 0 fully saturated rings. The van der Waals surface area contributed by atoms with Crippen LogP contribution < -0.4 is 15.6 Å². The lowest BCUT2D eigenvalue weighted by atomic mass is 10.3. The Kier molecular flexibility index (Phi) is 4.81. The van der Waals surface area contributed by atoms with Gasteiger partial charge >= 0.3 is 0 Å². The number of thiazole rings is 1. The lowest BCUT2D eigenvalue weighted by Gasteiger charge is -2.03. The minimum atomic E-state index is -0.463. The molecule has 3 rings (SSSR count). The molecule has 0 radical (unpaired) electrons. The molecule has 2 N–H and O–H groups in total. The van der Waals surface area contributed by atoms with Crippen LogP contribution in [0.25, 0.3) is 10.2 Å². The predicted octanol–water partition coefficient (Wildman–Crippen LogP) is 2.50. The largest absolute Gasteiger partial charge is 0.497 e. The second-order valence-electron chi connectivity index (χ2n) is 4.82. The van der Waals surface area contributed by atoms with Gasteiger partial charge in [-0.1, -0.05) is 11.3 Å². The maximum Gasteiger partial charge on any atom is 0.276 e. The van der Waals surface area contributed by atoms with Gasteiger partial charge in [0.25, 0.3) is 11.5 Å². The molecule has 0 aliphatic rings. The van der Waals surface area contributed by atoms with Crippen LogP contribution in [0.5, 0.6) is 5.75 Å². The Balaban J connectivity index is 1.85. The van der Waals surface area contributed by atoms with Crippen molar-refractivity contribution >= 4 is 44.4 Å². The average molecular weight is 362 g/mol. The fourth-order valence-electron chi connectivity index (χ4n) is 2.08. The Labute approximate surface area is 145 Å². The molecule has 0 atom stereocenters. The van der Waals surface area contributed by atoms with Crippen LogP contribution >= 0.6 is 23.1 Å². The second kappa shape index (κ2) is 7.02. The van der Waals surface area contributed by atoms with Crippen LogP contribution in [0.1, 0.15) is 16.3 Å². The number of fused-ring (bicyclic) bond motifs is 1. The first kappa shape index (κ1) is 16.5. The highest BCUT2D eigenvalue weighted by molar-refractivity contribution is 7.97. The Bertz CT molecular complexity index is 951. The van der Waals surface area contributed by atoms with Gasteiger partial charge in [-0.15, -0.1) is 0 Å². The molecule has 124 valence electrons. The number of thioether (sulfide) groups is 1. The lowest BCUT2D eigenvalue weighted by Crippen LogP contribution is -2.20. The van der Waals surface area contributed by atoms with Gasteiger partial charge in [0.05, 0.1) is 23.1 Å². The summed E-state index contributed by atoms with van der Waals surface area (Å²) in [6.07, 6.45) is 1.89. The van der Waals surface area contributed by atoms with Gasteiger partial charge in [-0.25, -0.2) is 9.97 Å². The molecular formula is C15H14N4O3S2. The first-order chi connectivity index (χ1) is 11.6. The minimum Gasteiger partial charge on any atom is -0.497 e. The second-order valence-corrected chi connectivity index (χ2v) is 6.71. The Hall–Kier alpha value is -2.39. The van der Waals surface area contributed by atoms with Crippen molar-refractivity contribution in [2.24, 2.45) is 0 Å². The number of hydrogen-bond acceptors (Lipinski definition) is 7. The minimum absolute atomic E-state index is 0.0691. The van der Waals surface area contributed by atoms with E-state index in [0.717, 1.165) is 16.0 Å². The number of hydrogen-bond donors (Lipinski definition) is 2. The topological polar surface area (TPSA) is 97.0 Å². The molecule has 9 heteroatoms. The predicted molar refractivity (Wildman–Crippen MR) is 96.2 cm³/mol. The quantitative estimate of drug-likeness (QED) is 0.724. The van der Waals surface area contributed by atoms with E-state index in [1.807, 2.05) is 18.4 Å². The maximum absolute atomic E-state index is 12.3. The van der Waals surface area contributed by atoms with Crippen LogP contribution in [-0.4, -0.2) is 34.2 Å². The van der Waals surface area contributed by atoms with Crippen molar-refractivity contribution < 1.29 is 9.53 Å². The van der Waals surface area contributed by atoms with Crippen LogP contribution in [0, 0.1) is 0 Å². The lowest BCUT2D eigenvalue weighted by molar-refractivity contribution is 0.102. The number of anilines is 1. The molecule has 0 saturated heterocycles. The molecule has 1 aromatic carbocycles. The summed E-state index contributed by atoms with van der Waals surface area (Å²) < 4.78 is 6.07. The number of amides is 1. The van der Waals surface area contributed by atoms with E-state index in [4.69, 9.17) is 4.74 Å². The number of carbonyl (C=O) groups is 1. The van der Waals surface area contributed by atoms with Crippen molar-refractivity contribution in [3.05, 3.63) is 46.1 Å². The van der Waals surface area contributed by atoms with Crippen LogP contribution in [0.2, 0.25) is 0 Å². The van der Waals surface area contributed by atoms with Crippen molar-refractivity contribution in [3.8, 4) is 5.75 Å². The molecule has 0 saturated carbocycles. The highest BCUT2D eigenvalue weighted by Gasteiger charge is 2.13. The van der Waals surface area contributed by atoms with E-state index in [9.17, 15) is 9.59 Å². The van der Waals surface area contributed by atoms with Crippen molar-refractivity contribution in [3.63, 3.8) is 0 Å². The molecule has 1 amide bonds. The number of carbonyl (C=O) groups excluding carboxylic acids is 1. The summed E-state index contributed by atoms with van der Waals surface area (Å²) in [5.41, 5.74) is 0.478. The molecule has 24 heavy (non-hydrogen) atoms. The van der Waals surface area contributed by atoms with Crippen molar-refractivity contribution in [1.29, 1.82) is 0 Å². The number of nitrogens with zero attached hydrogens (tertiary/aromatic N) is 2. The molecule has 0 bridgehead atoms. The van der Waals surface area contributed by atoms with Crippen molar-refractivity contribution in [2.75, 3.05) is 18.7 Å². The number of aromatic nitrogens is 3. The molecule has 7 nitrogen and oxygen atoms in total. The molecule has 0 aliphatic carbocycles. The normalized spacial score (nSPS) is 10.8. The summed E-state index contributed by atoms with van der Waals surface area (Å²) in [5.74, 6) is 1.25. The molecule has 0 aliphatic heterocycles. The summed E-state index contributed by atoms with van der Waals surface area (Å²) in [4.78, 5) is 35.1. The molecule has 2 heterocycles. The first-order valence-corrected chi connectivity index (χ1v) is 9.15. The number of H-pyrrole nitrogens is 1. The van der Waals surface area contributed by atoms with Crippen LogP contribution in [0.15, 0.2) is 29.1 Å². The smallest absolute Gasteiger partial charge is 0.276 e. The van der Waals surface area contributed by atoms with Gasteiger partial charge in [0.1, 0.15) is 17.3 Å². The van der Waals surface area contributed by atoms with Gasteiger partial charge in [0, 0.05) is 6.07 Å². The van der Waals surface area contributed by atoms with Gasteiger partial charge in [0.2, 0.25) is 0 Å². The number of benzene rings is 1. The molecule has 0 spiro atoms. The molecule has 0 unspecified atom stereocenters. The van der Waals surface area contributed by atoms with Gasteiger partial charge in [-0.3, -0.25) is 14.9 Å². The Morgan fingerprint density at radius 2 is 2.21 bits per heavy atom. The summed E-state index contributed by atoms with van der Waals surface area (Å²) in [6, 6.07) is 6.66. The SMILES string of the molecule is COc1ccc2nc(NC(=O)c3cc(=O)[nH]c(CSC)n3)sc2c1. The van der Waals surface area contributed by atoms with Crippen LogP contribution in [0.3, 0.4) is 0 Å². The van der Waals surface area contributed by atoms with Crippen molar-refractivity contribution in [1.82, 2.24) is 15.0 Å². The third-order valence-corrected chi connectivity index (χ3v) is 4.62. The third kappa shape index (κ3) is 3.57. The van der Waals surface area contributed by atoms with E-state index < -0.39 is 5.91 Å². The monoisotopic (exact) mass is 362 g/mol. The number of nitrogens with one attached hydrogen (secondary N) is 2. The van der Waals surface area contributed by atoms with E-state index in [-0.39, 0.29) is 11.3 Å². The summed E-state index contributed by atoms with van der Waals surface area (Å²) >= 11 is 2.84. The Morgan fingerprint density at radius 1 is 1.38 bits per heavy atom. The molecule has 3 aromatic rings. The van der Waals surface area contributed by atoms with Gasteiger partial charge < -0.3 is 9.72 Å². The van der Waals surface area contributed by atoms with E-state index in [1.165, 1.54) is 29.2 Å². The number of aromatic amines is 1. The number of methoxy groups -OCH3 is 1. The Morgan fingerprint density at radius 3 is 2.96 bits per heavy atom. The third-order valence-electron chi connectivity index (χ3n) is 3.12. The maximum atomic E-state index is 12.3. The zero-order valence-electron chi connectivity index (χ0n) is 13.0. The van der Waals surface area contributed by atoms with E-state index in [1.54, 1.807) is 13.2 Å². The molecule has 2 aromatic heterocycles. The van der Waals surface area contributed by atoms with Crippen LogP contribution in [-0.2, 0) is 5.75 Å². The van der Waals surface area contributed by atoms with Gasteiger partial charge in [0.15, 0.2) is 5.13 Å². The standard InChI is InChI=1S/C15H14N4O3S2/c1-22-8-3-4-9-11(5-8)24-15(17-9)19-14(21)10-6-13(20)18-12(16-10)7-23-2/h3-6H,7H2,1-2H3,(H,16,18,20)(H,17,19,21). The average Bonchev–Trinajstić information content (AvgIpc) is 2.95. The molecular weight excluding hydrogens is 348 g/mol. The highest BCUT2D eigenvalue weighted by Crippen LogP contribution is 2.29. The summed E-state index contributed by atoms with van der Waals surface area (Å²) in [7, 11) is 1.59. The van der Waals surface area contributed by atoms with E-state index >= 15 is 0 Å². The number of ether oxygens (including phenoxy) is 1. The van der Waals surface area contributed by atoms with Crippen LogP contribution in [0.4, 0.5) is 5.13 Å². The zero-order valence-corrected chi connectivity index (χ0v) is 14.6. The fourth-order valence-corrected chi connectivity index (χ4v) is 3.38. The van der Waals surface area contributed by atoms with E-state index in [2.05, 4.69) is 20.3 Å². The summed E-state index contributed by atoms with van der Waals surface area (Å²) in [5, 5.41) is 3.13. The summed E-state index contributed by atoms with van der Waals surface area (Å²) in [6.45, 7) is 0. The zero-order chi connectivity index (χ0) is 17.1. The number of rotatable bonds is 5. The van der Waals surface area contributed by atoms with Gasteiger partial charge in [-0.2, -0.15) is 11.8 Å².